The normalized spacial score (nSPS) is 13.6. The molecule has 130 valence electrons. The highest BCUT2D eigenvalue weighted by Crippen LogP contribution is 2.33. The first-order chi connectivity index (χ1) is 12.2. The van der Waals surface area contributed by atoms with Gasteiger partial charge in [0, 0.05) is 24.7 Å². The number of benzene rings is 2. The van der Waals surface area contributed by atoms with Crippen LogP contribution in [0.3, 0.4) is 0 Å². The zero-order chi connectivity index (χ0) is 17.6. The van der Waals surface area contributed by atoms with Crippen LogP contribution in [0.4, 0.5) is 11.4 Å². The summed E-state index contributed by atoms with van der Waals surface area (Å²) in [4.78, 5) is 25.7. The molecule has 2 aromatic carbocycles. The molecule has 0 radical (unpaired) electrons. The predicted octanol–water partition coefficient (Wildman–Crippen LogP) is 2.84. The molecule has 2 aromatic rings. The smallest absolute Gasteiger partial charge is 0.262 e. The van der Waals surface area contributed by atoms with Crippen molar-refractivity contribution in [1.82, 2.24) is 0 Å². The maximum absolute atomic E-state index is 12.0. The molecule has 1 fully saturated rings. The number of methoxy groups -OCH3 is 1. The van der Waals surface area contributed by atoms with Crippen molar-refractivity contribution in [3.63, 3.8) is 0 Å². The number of rotatable bonds is 6. The van der Waals surface area contributed by atoms with E-state index in [1.54, 1.807) is 42.3 Å². The Kier molecular flexibility index (Phi) is 5.18. The Balaban J connectivity index is 1.64. The van der Waals surface area contributed by atoms with Gasteiger partial charge in [0.2, 0.25) is 5.91 Å². The fraction of sp³-hybridized carbons (Fsp3) is 0.263. The maximum atomic E-state index is 12.0. The van der Waals surface area contributed by atoms with Gasteiger partial charge >= 0.3 is 0 Å². The van der Waals surface area contributed by atoms with Crippen molar-refractivity contribution in [2.75, 3.05) is 30.5 Å². The van der Waals surface area contributed by atoms with Gasteiger partial charge in [-0.2, -0.15) is 0 Å². The third-order valence-electron chi connectivity index (χ3n) is 3.94. The van der Waals surface area contributed by atoms with Gasteiger partial charge in [0.25, 0.3) is 5.91 Å². The van der Waals surface area contributed by atoms with E-state index >= 15 is 0 Å². The van der Waals surface area contributed by atoms with Crippen LogP contribution in [0.5, 0.6) is 11.5 Å². The molecule has 0 bridgehead atoms. The highest BCUT2D eigenvalue weighted by molar-refractivity contribution is 5.98. The second kappa shape index (κ2) is 7.70. The Morgan fingerprint density at radius 1 is 1.20 bits per heavy atom. The molecule has 0 saturated carbocycles. The largest absolute Gasteiger partial charge is 0.494 e. The minimum Gasteiger partial charge on any atom is -0.494 e. The van der Waals surface area contributed by atoms with Crippen LogP contribution >= 0.6 is 0 Å². The van der Waals surface area contributed by atoms with E-state index in [-0.39, 0.29) is 18.4 Å². The first-order valence-corrected chi connectivity index (χ1v) is 8.13. The van der Waals surface area contributed by atoms with Crippen LogP contribution in [0.1, 0.15) is 12.8 Å². The highest BCUT2D eigenvalue weighted by Gasteiger charge is 2.24. The summed E-state index contributed by atoms with van der Waals surface area (Å²) < 4.78 is 10.8. The summed E-state index contributed by atoms with van der Waals surface area (Å²) in [6.45, 7) is 0.602. The van der Waals surface area contributed by atoms with Gasteiger partial charge < -0.3 is 19.7 Å². The van der Waals surface area contributed by atoms with Crippen molar-refractivity contribution < 1.29 is 19.1 Å². The second-order valence-corrected chi connectivity index (χ2v) is 5.69. The van der Waals surface area contributed by atoms with E-state index in [1.165, 1.54) is 0 Å². The third-order valence-corrected chi connectivity index (χ3v) is 3.94. The van der Waals surface area contributed by atoms with Crippen LogP contribution in [0.15, 0.2) is 48.5 Å². The monoisotopic (exact) mass is 340 g/mol. The van der Waals surface area contributed by atoms with Crippen LogP contribution < -0.4 is 19.7 Å². The third kappa shape index (κ3) is 4.09. The number of ether oxygens (including phenoxy) is 2. The van der Waals surface area contributed by atoms with E-state index in [0.29, 0.717) is 30.2 Å². The SMILES string of the molecule is COc1cc(NC(=O)COc2ccccc2)ccc1N1CCCC1=O. The molecule has 1 N–H and O–H groups in total. The van der Waals surface area contributed by atoms with E-state index in [1.807, 2.05) is 18.2 Å². The highest BCUT2D eigenvalue weighted by atomic mass is 16.5. The van der Waals surface area contributed by atoms with Gasteiger partial charge in [-0.15, -0.1) is 0 Å². The number of hydrogen-bond acceptors (Lipinski definition) is 4. The van der Waals surface area contributed by atoms with Crippen molar-refractivity contribution >= 4 is 23.2 Å². The molecular weight excluding hydrogens is 320 g/mol. The van der Waals surface area contributed by atoms with E-state index in [0.717, 1.165) is 12.1 Å². The lowest BCUT2D eigenvalue weighted by Crippen LogP contribution is -2.24. The zero-order valence-electron chi connectivity index (χ0n) is 14.0. The summed E-state index contributed by atoms with van der Waals surface area (Å²) >= 11 is 0. The molecule has 1 aliphatic heterocycles. The number of hydrogen-bond donors (Lipinski definition) is 1. The lowest BCUT2D eigenvalue weighted by atomic mass is 10.2. The number of carbonyl (C=O) groups excluding carboxylic acids is 2. The summed E-state index contributed by atoms with van der Waals surface area (Å²) in [5.74, 6) is 1.01. The molecule has 0 unspecified atom stereocenters. The molecule has 3 rings (SSSR count). The minimum absolute atomic E-state index is 0.0846. The van der Waals surface area contributed by atoms with Crippen molar-refractivity contribution in [3.05, 3.63) is 48.5 Å². The zero-order valence-corrected chi connectivity index (χ0v) is 14.0. The van der Waals surface area contributed by atoms with Gasteiger partial charge in [0.05, 0.1) is 12.8 Å². The van der Waals surface area contributed by atoms with Crippen LogP contribution in [-0.2, 0) is 9.59 Å². The summed E-state index contributed by atoms with van der Waals surface area (Å²) in [6, 6.07) is 14.4. The molecule has 6 heteroatoms. The van der Waals surface area contributed by atoms with Crippen LogP contribution in [0.25, 0.3) is 0 Å². The number of nitrogens with zero attached hydrogens (tertiary/aromatic N) is 1. The van der Waals surface area contributed by atoms with E-state index in [2.05, 4.69) is 5.32 Å². The number of amides is 2. The molecule has 0 aromatic heterocycles. The molecular formula is C19H20N2O4. The molecule has 6 nitrogen and oxygen atoms in total. The molecule has 0 atom stereocenters. The standard InChI is InChI=1S/C19H20N2O4/c1-24-17-12-14(9-10-16(17)21-11-5-8-19(21)23)20-18(22)13-25-15-6-3-2-4-7-15/h2-4,6-7,9-10,12H,5,8,11,13H2,1H3,(H,20,22). The number of nitrogens with one attached hydrogen (secondary N) is 1. The fourth-order valence-electron chi connectivity index (χ4n) is 2.74. The van der Waals surface area contributed by atoms with E-state index < -0.39 is 0 Å². The summed E-state index contributed by atoms with van der Waals surface area (Å²) in [6.07, 6.45) is 1.40. The van der Waals surface area contributed by atoms with Gasteiger partial charge in [-0.3, -0.25) is 9.59 Å². The molecule has 1 heterocycles. The Morgan fingerprint density at radius 2 is 2.00 bits per heavy atom. The number of carbonyl (C=O) groups is 2. The topological polar surface area (TPSA) is 67.9 Å². The predicted molar refractivity (Wildman–Crippen MR) is 95.1 cm³/mol. The van der Waals surface area contributed by atoms with Gasteiger partial charge in [-0.25, -0.2) is 0 Å². The van der Waals surface area contributed by atoms with Gasteiger partial charge in [0.1, 0.15) is 11.5 Å². The Bertz CT molecular complexity index is 761. The molecule has 0 spiro atoms. The average molecular weight is 340 g/mol. The lowest BCUT2D eigenvalue weighted by molar-refractivity contribution is -0.118. The van der Waals surface area contributed by atoms with Gasteiger partial charge in [0.15, 0.2) is 6.61 Å². The minimum atomic E-state index is -0.268. The maximum Gasteiger partial charge on any atom is 0.262 e. The first-order valence-electron chi connectivity index (χ1n) is 8.13. The van der Waals surface area contributed by atoms with E-state index in [9.17, 15) is 9.59 Å². The summed E-state index contributed by atoms with van der Waals surface area (Å²) in [5.41, 5.74) is 1.32. The molecule has 2 amide bonds. The fourth-order valence-corrected chi connectivity index (χ4v) is 2.74. The Morgan fingerprint density at radius 3 is 2.68 bits per heavy atom. The summed E-state index contributed by atoms with van der Waals surface area (Å²) in [5, 5.41) is 2.77. The Labute approximate surface area is 146 Å². The Hall–Kier alpha value is -3.02. The molecule has 1 saturated heterocycles. The van der Waals surface area contributed by atoms with Gasteiger partial charge in [-0.1, -0.05) is 18.2 Å². The number of para-hydroxylation sites is 1. The lowest BCUT2D eigenvalue weighted by Gasteiger charge is -2.19. The van der Waals surface area contributed by atoms with Gasteiger partial charge in [-0.05, 0) is 30.7 Å². The molecule has 25 heavy (non-hydrogen) atoms. The second-order valence-electron chi connectivity index (χ2n) is 5.69. The van der Waals surface area contributed by atoms with E-state index in [4.69, 9.17) is 9.47 Å². The van der Waals surface area contributed by atoms with Crippen LogP contribution in [0.2, 0.25) is 0 Å². The molecule has 0 aliphatic carbocycles. The number of anilines is 2. The van der Waals surface area contributed by atoms with Crippen molar-refractivity contribution in [2.45, 2.75) is 12.8 Å². The van der Waals surface area contributed by atoms with Crippen molar-refractivity contribution in [3.8, 4) is 11.5 Å². The molecule has 1 aliphatic rings. The van der Waals surface area contributed by atoms with Crippen LogP contribution in [0, 0.1) is 0 Å². The van der Waals surface area contributed by atoms with Crippen molar-refractivity contribution in [1.29, 1.82) is 0 Å². The first kappa shape index (κ1) is 16.8. The average Bonchev–Trinajstić information content (AvgIpc) is 3.06. The quantitative estimate of drug-likeness (QED) is 0.878. The van der Waals surface area contributed by atoms with Crippen LogP contribution in [-0.4, -0.2) is 32.1 Å². The van der Waals surface area contributed by atoms with Crippen molar-refractivity contribution in [2.24, 2.45) is 0 Å². The summed E-state index contributed by atoms with van der Waals surface area (Å²) in [7, 11) is 1.55.